The molecule has 15 heavy (non-hydrogen) atoms. The van der Waals surface area contributed by atoms with Gasteiger partial charge in [0.15, 0.2) is 9.84 Å². The Labute approximate surface area is 104 Å². The summed E-state index contributed by atoms with van der Waals surface area (Å²) in [5.41, 5.74) is 0. The Hall–Kier alpha value is -0.140. The molecule has 0 heterocycles. The van der Waals surface area contributed by atoms with Crippen molar-refractivity contribution in [1.82, 2.24) is 0 Å². The first-order valence-corrected chi connectivity index (χ1v) is 7.26. The first kappa shape index (κ1) is 12.9. The van der Waals surface area contributed by atoms with Gasteiger partial charge in [0.05, 0.1) is 10.6 Å². The Kier molecular flexibility index (Phi) is 5.01. The standard InChI is InChI=1S/C10H13IO3S/c1-14-6-3-7-15(12,13)10-5-2-4-9(11)8-10/h2,4-5,8H,3,6-7H2,1H3. The molecule has 0 unspecified atom stereocenters. The number of benzene rings is 1. The van der Waals surface area contributed by atoms with Crippen molar-refractivity contribution in [3.05, 3.63) is 27.8 Å². The third kappa shape index (κ3) is 4.08. The first-order valence-electron chi connectivity index (χ1n) is 4.53. The summed E-state index contributed by atoms with van der Waals surface area (Å²) in [6.45, 7) is 0.475. The number of methoxy groups -OCH3 is 1. The molecule has 0 aromatic heterocycles. The minimum Gasteiger partial charge on any atom is -0.385 e. The largest absolute Gasteiger partial charge is 0.385 e. The van der Waals surface area contributed by atoms with E-state index in [9.17, 15) is 8.42 Å². The summed E-state index contributed by atoms with van der Waals surface area (Å²) >= 11 is 2.10. The van der Waals surface area contributed by atoms with Crippen LogP contribution in [0, 0.1) is 3.57 Å². The van der Waals surface area contributed by atoms with E-state index >= 15 is 0 Å². The molecule has 1 aromatic carbocycles. The SMILES string of the molecule is COCCCS(=O)(=O)c1cccc(I)c1. The molecular formula is C10H13IO3S. The van der Waals surface area contributed by atoms with Crippen molar-refractivity contribution in [2.75, 3.05) is 19.5 Å². The summed E-state index contributed by atoms with van der Waals surface area (Å²) in [5.74, 6) is 0.140. The quantitative estimate of drug-likeness (QED) is 0.609. The molecule has 0 radical (unpaired) electrons. The van der Waals surface area contributed by atoms with E-state index in [0.717, 1.165) is 3.57 Å². The summed E-state index contributed by atoms with van der Waals surface area (Å²) in [4.78, 5) is 0.394. The lowest BCUT2D eigenvalue weighted by atomic mass is 10.4. The van der Waals surface area contributed by atoms with Crippen LogP contribution in [-0.2, 0) is 14.6 Å². The maximum absolute atomic E-state index is 11.8. The van der Waals surface area contributed by atoms with Crippen LogP contribution in [-0.4, -0.2) is 27.9 Å². The van der Waals surface area contributed by atoms with Gasteiger partial charge in [0.1, 0.15) is 0 Å². The maximum atomic E-state index is 11.8. The number of halogens is 1. The van der Waals surface area contributed by atoms with Crippen molar-refractivity contribution >= 4 is 32.4 Å². The van der Waals surface area contributed by atoms with Crippen molar-refractivity contribution in [2.24, 2.45) is 0 Å². The number of hydrogen-bond donors (Lipinski definition) is 0. The second-order valence-electron chi connectivity index (χ2n) is 3.12. The fourth-order valence-corrected chi connectivity index (χ4v) is 3.25. The van der Waals surface area contributed by atoms with E-state index in [0.29, 0.717) is 17.9 Å². The molecule has 0 N–H and O–H groups in total. The van der Waals surface area contributed by atoms with Gasteiger partial charge in [0.2, 0.25) is 0 Å². The van der Waals surface area contributed by atoms with Gasteiger partial charge in [-0.05, 0) is 47.2 Å². The van der Waals surface area contributed by atoms with E-state index in [2.05, 4.69) is 22.6 Å². The van der Waals surface area contributed by atoms with E-state index < -0.39 is 9.84 Å². The summed E-state index contributed by atoms with van der Waals surface area (Å²) in [7, 11) is -1.57. The Balaban J connectivity index is 2.77. The van der Waals surface area contributed by atoms with E-state index in [-0.39, 0.29) is 5.75 Å². The molecule has 1 rings (SSSR count). The smallest absolute Gasteiger partial charge is 0.178 e. The van der Waals surface area contributed by atoms with Gasteiger partial charge >= 0.3 is 0 Å². The van der Waals surface area contributed by atoms with Gasteiger partial charge < -0.3 is 4.74 Å². The minimum absolute atomic E-state index is 0.140. The summed E-state index contributed by atoms with van der Waals surface area (Å²) in [6, 6.07) is 6.94. The van der Waals surface area contributed by atoms with Crippen molar-refractivity contribution in [2.45, 2.75) is 11.3 Å². The Bertz CT molecular complexity index is 414. The first-order chi connectivity index (χ1) is 7.06. The highest BCUT2D eigenvalue weighted by Gasteiger charge is 2.13. The van der Waals surface area contributed by atoms with Crippen LogP contribution < -0.4 is 0 Å². The normalized spacial score (nSPS) is 11.6. The van der Waals surface area contributed by atoms with Crippen LogP contribution in [0.5, 0.6) is 0 Å². The molecule has 1 aromatic rings. The zero-order chi connectivity index (χ0) is 11.3. The van der Waals surface area contributed by atoms with Crippen molar-refractivity contribution < 1.29 is 13.2 Å². The van der Waals surface area contributed by atoms with Gasteiger partial charge in [-0.15, -0.1) is 0 Å². The third-order valence-corrected chi connectivity index (χ3v) is 4.39. The Morgan fingerprint density at radius 1 is 1.40 bits per heavy atom. The molecule has 0 saturated carbocycles. The van der Waals surface area contributed by atoms with Crippen LogP contribution in [0.25, 0.3) is 0 Å². The van der Waals surface area contributed by atoms with Crippen molar-refractivity contribution in [3.8, 4) is 0 Å². The van der Waals surface area contributed by atoms with Crippen LogP contribution in [0.1, 0.15) is 6.42 Å². The van der Waals surface area contributed by atoms with Gasteiger partial charge in [-0.1, -0.05) is 6.07 Å². The molecule has 0 saturated heterocycles. The minimum atomic E-state index is -3.14. The summed E-state index contributed by atoms with van der Waals surface area (Å²) < 4.78 is 29.4. The van der Waals surface area contributed by atoms with Gasteiger partial charge in [-0.3, -0.25) is 0 Å². The molecule has 0 aliphatic heterocycles. The monoisotopic (exact) mass is 340 g/mol. The molecule has 0 amide bonds. The van der Waals surface area contributed by atoms with Gasteiger partial charge in [-0.2, -0.15) is 0 Å². The van der Waals surface area contributed by atoms with E-state index in [1.165, 1.54) is 0 Å². The van der Waals surface area contributed by atoms with Crippen molar-refractivity contribution in [3.63, 3.8) is 0 Å². The topological polar surface area (TPSA) is 43.4 Å². The fourth-order valence-electron chi connectivity index (χ4n) is 1.17. The van der Waals surface area contributed by atoms with Crippen molar-refractivity contribution in [1.29, 1.82) is 0 Å². The average molecular weight is 340 g/mol. The Morgan fingerprint density at radius 3 is 2.73 bits per heavy atom. The highest BCUT2D eigenvalue weighted by atomic mass is 127. The lowest BCUT2D eigenvalue weighted by molar-refractivity contribution is 0.199. The zero-order valence-electron chi connectivity index (χ0n) is 8.44. The molecule has 0 aliphatic rings. The molecule has 3 nitrogen and oxygen atoms in total. The van der Waals surface area contributed by atoms with E-state index in [1.807, 2.05) is 6.07 Å². The average Bonchev–Trinajstić information content (AvgIpc) is 2.18. The second kappa shape index (κ2) is 5.81. The lowest BCUT2D eigenvalue weighted by Crippen LogP contribution is -2.09. The van der Waals surface area contributed by atoms with Crippen LogP contribution in [0.2, 0.25) is 0 Å². The highest BCUT2D eigenvalue weighted by molar-refractivity contribution is 14.1. The van der Waals surface area contributed by atoms with Crippen LogP contribution in [0.4, 0.5) is 0 Å². The second-order valence-corrected chi connectivity index (χ2v) is 6.48. The number of ether oxygens (including phenoxy) is 1. The molecule has 0 bridgehead atoms. The number of hydrogen-bond acceptors (Lipinski definition) is 3. The van der Waals surface area contributed by atoms with E-state index in [1.54, 1.807) is 25.3 Å². The predicted octanol–water partition coefficient (Wildman–Crippen LogP) is 2.10. The fraction of sp³-hybridized carbons (Fsp3) is 0.400. The summed E-state index contributed by atoms with van der Waals surface area (Å²) in [6.07, 6.45) is 0.532. The van der Waals surface area contributed by atoms with Gasteiger partial charge in [0.25, 0.3) is 0 Å². The number of sulfone groups is 1. The molecular weight excluding hydrogens is 327 g/mol. The van der Waals surface area contributed by atoms with Gasteiger partial charge in [-0.25, -0.2) is 8.42 Å². The zero-order valence-corrected chi connectivity index (χ0v) is 11.4. The van der Waals surface area contributed by atoms with Gasteiger partial charge in [0, 0.05) is 17.3 Å². The van der Waals surface area contributed by atoms with Crippen LogP contribution >= 0.6 is 22.6 Å². The molecule has 0 spiro atoms. The lowest BCUT2D eigenvalue weighted by Gasteiger charge is -2.04. The number of rotatable bonds is 5. The molecule has 0 fully saturated rings. The molecule has 0 atom stereocenters. The van der Waals surface area contributed by atoms with Crippen LogP contribution in [0.3, 0.4) is 0 Å². The molecule has 84 valence electrons. The van der Waals surface area contributed by atoms with Crippen LogP contribution in [0.15, 0.2) is 29.2 Å². The maximum Gasteiger partial charge on any atom is 0.178 e. The highest BCUT2D eigenvalue weighted by Crippen LogP contribution is 2.15. The third-order valence-electron chi connectivity index (χ3n) is 1.92. The molecule has 0 aliphatic carbocycles. The molecule has 5 heteroatoms. The Morgan fingerprint density at radius 2 is 2.13 bits per heavy atom. The van der Waals surface area contributed by atoms with E-state index in [4.69, 9.17) is 4.74 Å². The predicted molar refractivity (Wildman–Crippen MR) is 67.7 cm³/mol. The summed E-state index contributed by atoms with van der Waals surface area (Å²) in [5, 5.41) is 0.